The normalized spacial score (nSPS) is 10.9. The summed E-state index contributed by atoms with van der Waals surface area (Å²) in [7, 11) is 1.98. The van der Waals surface area contributed by atoms with Gasteiger partial charge >= 0.3 is 0 Å². The van der Waals surface area contributed by atoms with E-state index >= 15 is 0 Å². The van der Waals surface area contributed by atoms with E-state index in [2.05, 4.69) is 39.3 Å². The van der Waals surface area contributed by atoms with Crippen molar-refractivity contribution < 1.29 is 0 Å². The molecule has 0 atom stereocenters. The van der Waals surface area contributed by atoms with Crippen molar-refractivity contribution in [1.82, 2.24) is 24.7 Å². The van der Waals surface area contributed by atoms with E-state index in [1.807, 2.05) is 24.6 Å². The van der Waals surface area contributed by atoms with Gasteiger partial charge in [-0.15, -0.1) is 10.2 Å². The maximum absolute atomic E-state index is 4.28. The van der Waals surface area contributed by atoms with Gasteiger partial charge in [0.2, 0.25) is 5.95 Å². The highest BCUT2D eigenvalue weighted by Crippen LogP contribution is 2.12. The van der Waals surface area contributed by atoms with E-state index in [-0.39, 0.29) is 0 Å². The van der Waals surface area contributed by atoms with E-state index in [0.29, 0.717) is 18.4 Å². The number of nitrogens with one attached hydrogen (secondary N) is 1. The molecule has 96 valence electrons. The predicted molar refractivity (Wildman–Crippen MR) is 69.2 cm³/mol. The van der Waals surface area contributed by atoms with Crippen molar-refractivity contribution in [3.63, 3.8) is 0 Å². The average Bonchev–Trinajstić information content (AvgIpc) is 2.68. The molecular formula is C12H18N6. The van der Waals surface area contributed by atoms with Crippen LogP contribution in [-0.4, -0.2) is 24.7 Å². The molecule has 0 bridgehead atoms. The van der Waals surface area contributed by atoms with Crippen LogP contribution in [0.4, 0.5) is 5.95 Å². The SMILES string of the molecule is Cc1ccnc(NCc2nnc(C(C)C)n2C)n1. The van der Waals surface area contributed by atoms with E-state index in [9.17, 15) is 0 Å². The molecule has 0 aliphatic carbocycles. The molecule has 0 saturated carbocycles. The van der Waals surface area contributed by atoms with Crippen molar-refractivity contribution in [2.45, 2.75) is 33.2 Å². The number of aromatic nitrogens is 5. The Labute approximate surface area is 106 Å². The molecule has 0 fully saturated rings. The maximum atomic E-state index is 4.28. The summed E-state index contributed by atoms with van der Waals surface area (Å²) in [6.45, 7) is 6.71. The summed E-state index contributed by atoms with van der Waals surface area (Å²) in [5.74, 6) is 2.84. The molecule has 2 rings (SSSR count). The summed E-state index contributed by atoms with van der Waals surface area (Å²) in [6.07, 6.45) is 1.74. The molecule has 0 aliphatic heterocycles. The Balaban J connectivity index is 2.07. The number of aryl methyl sites for hydroxylation is 1. The molecule has 2 aromatic heterocycles. The van der Waals surface area contributed by atoms with Gasteiger partial charge in [0.25, 0.3) is 0 Å². The second-order valence-corrected chi connectivity index (χ2v) is 4.56. The monoisotopic (exact) mass is 246 g/mol. The molecule has 18 heavy (non-hydrogen) atoms. The minimum absolute atomic E-state index is 0.367. The van der Waals surface area contributed by atoms with Gasteiger partial charge in [-0.05, 0) is 13.0 Å². The van der Waals surface area contributed by atoms with Gasteiger partial charge < -0.3 is 9.88 Å². The summed E-state index contributed by atoms with van der Waals surface area (Å²) in [5.41, 5.74) is 0.938. The summed E-state index contributed by atoms with van der Waals surface area (Å²) < 4.78 is 2.01. The highest BCUT2D eigenvalue weighted by molar-refractivity contribution is 5.25. The van der Waals surface area contributed by atoms with Crippen LogP contribution in [-0.2, 0) is 13.6 Å². The van der Waals surface area contributed by atoms with E-state index in [0.717, 1.165) is 17.3 Å². The topological polar surface area (TPSA) is 68.5 Å². The molecule has 6 heteroatoms. The Morgan fingerprint density at radius 1 is 1.33 bits per heavy atom. The first-order valence-electron chi connectivity index (χ1n) is 5.99. The van der Waals surface area contributed by atoms with Crippen LogP contribution in [0.2, 0.25) is 0 Å². The molecule has 0 unspecified atom stereocenters. The Morgan fingerprint density at radius 3 is 2.72 bits per heavy atom. The van der Waals surface area contributed by atoms with Crippen molar-refractivity contribution >= 4 is 5.95 Å². The lowest BCUT2D eigenvalue weighted by molar-refractivity contribution is 0.692. The van der Waals surface area contributed by atoms with Crippen LogP contribution in [0.5, 0.6) is 0 Å². The first kappa shape index (κ1) is 12.5. The third kappa shape index (κ3) is 2.64. The summed E-state index contributed by atoms with van der Waals surface area (Å²) in [5, 5.41) is 11.5. The van der Waals surface area contributed by atoms with Gasteiger partial charge in [-0.1, -0.05) is 13.8 Å². The van der Waals surface area contributed by atoms with E-state index in [1.165, 1.54) is 0 Å². The molecule has 0 aromatic carbocycles. The first-order valence-corrected chi connectivity index (χ1v) is 5.99. The third-order valence-electron chi connectivity index (χ3n) is 2.71. The second kappa shape index (κ2) is 5.12. The van der Waals surface area contributed by atoms with Crippen LogP contribution in [0.3, 0.4) is 0 Å². The predicted octanol–water partition coefficient (Wildman–Crippen LogP) is 1.65. The van der Waals surface area contributed by atoms with Crippen LogP contribution in [0, 0.1) is 6.92 Å². The van der Waals surface area contributed by atoms with Crippen LogP contribution >= 0.6 is 0 Å². The number of hydrogen-bond acceptors (Lipinski definition) is 5. The molecule has 0 radical (unpaired) electrons. The Bertz CT molecular complexity index is 531. The van der Waals surface area contributed by atoms with Gasteiger partial charge in [0.15, 0.2) is 5.82 Å². The largest absolute Gasteiger partial charge is 0.347 e. The van der Waals surface area contributed by atoms with E-state index in [4.69, 9.17) is 0 Å². The molecule has 0 amide bonds. The van der Waals surface area contributed by atoms with Gasteiger partial charge in [-0.25, -0.2) is 9.97 Å². The molecule has 0 spiro atoms. The van der Waals surface area contributed by atoms with Crippen molar-refractivity contribution in [3.8, 4) is 0 Å². The second-order valence-electron chi connectivity index (χ2n) is 4.56. The zero-order chi connectivity index (χ0) is 13.1. The van der Waals surface area contributed by atoms with Crippen molar-refractivity contribution in [3.05, 3.63) is 29.6 Å². The Morgan fingerprint density at radius 2 is 2.11 bits per heavy atom. The Hall–Kier alpha value is -1.98. The van der Waals surface area contributed by atoms with Crippen LogP contribution < -0.4 is 5.32 Å². The van der Waals surface area contributed by atoms with Crippen LogP contribution in [0.1, 0.15) is 37.1 Å². The van der Waals surface area contributed by atoms with Gasteiger partial charge in [-0.3, -0.25) is 0 Å². The zero-order valence-electron chi connectivity index (χ0n) is 11.2. The summed E-state index contributed by atoms with van der Waals surface area (Å²) in [4.78, 5) is 8.43. The number of rotatable bonds is 4. The van der Waals surface area contributed by atoms with E-state index in [1.54, 1.807) is 6.20 Å². The molecular weight excluding hydrogens is 228 g/mol. The fourth-order valence-corrected chi connectivity index (χ4v) is 1.72. The molecule has 6 nitrogen and oxygen atoms in total. The van der Waals surface area contributed by atoms with Crippen molar-refractivity contribution in [2.24, 2.45) is 7.05 Å². The first-order chi connectivity index (χ1) is 8.58. The summed E-state index contributed by atoms with van der Waals surface area (Å²) >= 11 is 0. The fraction of sp³-hybridized carbons (Fsp3) is 0.500. The van der Waals surface area contributed by atoms with Gasteiger partial charge in [0.1, 0.15) is 5.82 Å². The minimum Gasteiger partial charge on any atom is -0.347 e. The highest BCUT2D eigenvalue weighted by Gasteiger charge is 2.11. The van der Waals surface area contributed by atoms with Crippen molar-refractivity contribution in [2.75, 3.05) is 5.32 Å². The van der Waals surface area contributed by atoms with Crippen molar-refractivity contribution in [1.29, 1.82) is 0 Å². The smallest absolute Gasteiger partial charge is 0.223 e. The van der Waals surface area contributed by atoms with Gasteiger partial charge in [-0.2, -0.15) is 0 Å². The average molecular weight is 246 g/mol. The molecule has 1 N–H and O–H groups in total. The lowest BCUT2D eigenvalue weighted by Crippen LogP contribution is -2.10. The zero-order valence-corrected chi connectivity index (χ0v) is 11.2. The Kier molecular flexibility index (Phi) is 3.55. The molecule has 2 aromatic rings. The van der Waals surface area contributed by atoms with Gasteiger partial charge in [0.05, 0.1) is 6.54 Å². The summed E-state index contributed by atoms with van der Waals surface area (Å²) in [6, 6.07) is 1.87. The van der Waals surface area contributed by atoms with Crippen LogP contribution in [0.25, 0.3) is 0 Å². The third-order valence-corrected chi connectivity index (χ3v) is 2.71. The number of hydrogen-bond donors (Lipinski definition) is 1. The molecule has 2 heterocycles. The van der Waals surface area contributed by atoms with Gasteiger partial charge in [0, 0.05) is 24.9 Å². The molecule has 0 saturated heterocycles. The lowest BCUT2D eigenvalue weighted by Gasteiger charge is -2.07. The quantitative estimate of drug-likeness (QED) is 0.888. The number of nitrogens with zero attached hydrogens (tertiary/aromatic N) is 5. The minimum atomic E-state index is 0.367. The number of anilines is 1. The maximum Gasteiger partial charge on any atom is 0.223 e. The molecule has 0 aliphatic rings. The van der Waals surface area contributed by atoms with E-state index < -0.39 is 0 Å². The standard InChI is InChI=1S/C12H18N6/c1-8(2)11-17-16-10(18(11)4)7-14-12-13-6-5-9(3)15-12/h5-6,8H,7H2,1-4H3,(H,13,14,15). The fourth-order valence-electron chi connectivity index (χ4n) is 1.72. The lowest BCUT2D eigenvalue weighted by atomic mass is 10.2. The van der Waals surface area contributed by atoms with Crippen LogP contribution in [0.15, 0.2) is 12.3 Å². The highest BCUT2D eigenvalue weighted by atomic mass is 15.3.